The van der Waals surface area contributed by atoms with Crippen LogP contribution in [0, 0.1) is 5.92 Å². The van der Waals surface area contributed by atoms with Crippen LogP contribution < -0.4 is 9.64 Å². The predicted octanol–water partition coefficient (Wildman–Crippen LogP) is 3.29. The topological polar surface area (TPSA) is 34.6 Å². The molecule has 0 amide bonds. The van der Waals surface area contributed by atoms with Crippen molar-refractivity contribution >= 4 is 5.82 Å². The van der Waals surface area contributed by atoms with Gasteiger partial charge in [0.15, 0.2) is 11.6 Å². The second-order valence-corrected chi connectivity index (χ2v) is 5.86. The number of rotatable bonds is 3. The predicted molar refractivity (Wildman–Crippen MR) is 86.2 cm³/mol. The molecule has 2 unspecified atom stereocenters. The smallest absolute Gasteiger partial charge is 0.172 e. The van der Waals surface area contributed by atoms with Gasteiger partial charge in [0.1, 0.15) is 6.61 Å². The number of fused-ring (bicyclic) bond motifs is 3. The molecular weight excluding hydrogens is 264 g/mol. The average molecular weight is 292 g/mol. The molecule has 21 heavy (non-hydrogen) atoms. The van der Waals surface area contributed by atoms with Crippen LogP contribution in [-0.4, -0.2) is 37.9 Å². The zero-order valence-electron chi connectivity index (χ0n) is 13.8. The van der Waals surface area contributed by atoms with Gasteiger partial charge in [0.25, 0.3) is 0 Å². The Morgan fingerprint density at radius 3 is 2.81 bits per heavy atom. The molecule has 1 aromatic heterocycles. The highest BCUT2D eigenvalue weighted by molar-refractivity contribution is 5.59. The van der Waals surface area contributed by atoms with Gasteiger partial charge < -0.3 is 14.4 Å². The molecule has 2 atom stereocenters. The molecule has 3 rings (SSSR count). The molecule has 4 nitrogen and oxygen atoms in total. The molecule has 2 aliphatic heterocycles. The van der Waals surface area contributed by atoms with Crippen LogP contribution in [0.2, 0.25) is 0 Å². The molecular formula is C17H28N2O2. The van der Waals surface area contributed by atoms with E-state index in [2.05, 4.69) is 36.7 Å². The van der Waals surface area contributed by atoms with Gasteiger partial charge >= 0.3 is 0 Å². The third kappa shape index (κ3) is 3.49. The molecule has 0 N–H and O–H groups in total. The maximum atomic E-state index is 5.94. The molecule has 4 heteroatoms. The van der Waals surface area contributed by atoms with Crippen molar-refractivity contribution in [2.45, 2.75) is 46.1 Å². The van der Waals surface area contributed by atoms with E-state index in [1.54, 1.807) is 7.11 Å². The van der Waals surface area contributed by atoms with Gasteiger partial charge in [-0.05, 0) is 24.5 Å². The maximum absolute atomic E-state index is 5.94. The first kappa shape index (κ1) is 16.1. The zero-order valence-corrected chi connectivity index (χ0v) is 13.8. The number of ether oxygens (including phenoxy) is 2. The summed E-state index contributed by atoms with van der Waals surface area (Å²) in [7, 11) is 1.77. The lowest BCUT2D eigenvalue weighted by Gasteiger charge is -2.33. The van der Waals surface area contributed by atoms with Gasteiger partial charge in [-0.3, -0.25) is 0 Å². The number of aromatic nitrogens is 1. The van der Waals surface area contributed by atoms with Crippen molar-refractivity contribution in [1.82, 2.24) is 4.98 Å². The van der Waals surface area contributed by atoms with E-state index in [1.165, 1.54) is 12.0 Å². The normalized spacial score (nSPS) is 22.8. The summed E-state index contributed by atoms with van der Waals surface area (Å²) in [5.74, 6) is 2.63. The summed E-state index contributed by atoms with van der Waals surface area (Å²) in [6.45, 7) is 9.06. The number of pyridine rings is 1. The molecule has 0 spiro atoms. The van der Waals surface area contributed by atoms with E-state index in [4.69, 9.17) is 9.47 Å². The molecule has 3 heterocycles. The van der Waals surface area contributed by atoms with Crippen LogP contribution >= 0.6 is 0 Å². The number of hydrogen-bond donors (Lipinski definition) is 0. The number of anilines is 1. The first-order valence-corrected chi connectivity index (χ1v) is 8.11. The fourth-order valence-corrected chi connectivity index (χ4v) is 3.08. The summed E-state index contributed by atoms with van der Waals surface area (Å²) < 4.78 is 11.2. The Morgan fingerprint density at radius 1 is 1.38 bits per heavy atom. The summed E-state index contributed by atoms with van der Waals surface area (Å²) in [5, 5.41) is 0. The quantitative estimate of drug-likeness (QED) is 0.856. The summed E-state index contributed by atoms with van der Waals surface area (Å²) >= 11 is 0. The van der Waals surface area contributed by atoms with E-state index in [1.807, 2.05) is 6.20 Å². The molecule has 0 aromatic carbocycles. The highest BCUT2D eigenvalue weighted by Crippen LogP contribution is 2.40. The second kappa shape index (κ2) is 7.64. The number of methoxy groups -OCH3 is 1. The Hall–Kier alpha value is -1.29. The Bertz CT molecular complexity index is 450. The van der Waals surface area contributed by atoms with Crippen LogP contribution in [0.25, 0.3) is 0 Å². The van der Waals surface area contributed by atoms with Crippen LogP contribution in [0.3, 0.4) is 0 Å². The largest absolute Gasteiger partial charge is 0.487 e. The lowest BCUT2D eigenvalue weighted by molar-refractivity contribution is 0.157. The van der Waals surface area contributed by atoms with E-state index in [-0.39, 0.29) is 0 Å². The average Bonchev–Trinajstić information content (AvgIpc) is 2.90. The fraction of sp³-hybridized carbons (Fsp3) is 0.706. The van der Waals surface area contributed by atoms with Gasteiger partial charge in [-0.25, -0.2) is 4.98 Å². The van der Waals surface area contributed by atoms with Crippen LogP contribution in [0.4, 0.5) is 5.82 Å². The third-order valence-corrected chi connectivity index (χ3v) is 3.94. The van der Waals surface area contributed by atoms with Crippen molar-refractivity contribution in [3.05, 3.63) is 17.8 Å². The fourth-order valence-electron chi connectivity index (χ4n) is 3.08. The number of nitrogens with zero attached hydrogens (tertiary/aromatic N) is 2. The van der Waals surface area contributed by atoms with E-state index in [9.17, 15) is 0 Å². The van der Waals surface area contributed by atoms with Crippen molar-refractivity contribution in [3.63, 3.8) is 0 Å². The van der Waals surface area contributed by atoms with Crippen LogP contribution in [0.1, 0.15) is 39.2 Å². The summed E-state index contributed by atoms with van der Waals surface area (Å²) in [6, 6.07) is 2.53. The minimum atomic E-state index is 0.470. The monoisotopic (exact) mass is 292 g/mol. The van der Waals surface area contributed by atoms with Crippen molar-refractivity contribution in [3.8, 4) is 5.75 Å². The van der Waals surface area contributed by atoms with Crippen LogP contribution in [0.15, 0.2) is 12.3 Å². The Balaban J connectivity index is 0.000000497. The van der Waals surface area contributed by atoms with Gasteiger partial charge in [-0.2, -0.15) is 0 Å². The summed E-state index contributed by atoms with van der Waals surface area (Å²) in [6.07, 6.45) is 5.28. The molecule has 1 aromatic rings. The minimum Gasteiger partial charge on any atom is -0.487 e. The van der Waals surface area contributed by atoms with Gasteiger partial charge in [-0.15, -0.1) is 0 Å². The second-order valence-electron chi connectivity index (χ2n) is 5.86. The molecule has 0 radical (unpaired) electrons. The maximum Gasteiger partial charge on any atom is 0.172 e. The minimum absolute atomic E-state index is 0.470. The molecule has 118 valence electrons. The standard InChI is InChI=1S/C14H20N2O2.C3H8/c1-3-11-4-5-15-14-13(11)18-9-12-6-10(8-17-2)7-16(12)14;1-3-2/h4-5,10,12H,3,6-9H2,1-2H3;3H2,1-2H3. The summed E-state index contributed by atoms with van der Waals surface area (Å²) in [4.78, 5) is 6.93. The van der Waals surface area contributed by atoms with Crippen molar-refractivity contribution < 1.29 is 9.47 Å². The Morgan fingerprint density at radius 2 is 2.14 bits per heavy atom. The van der Waals surface area contributed by atoms with Gasteiger partial charge in [0.2, 0.25) is 0 Å². The highest BCUT2D eigenvalue weighted by atomic mass is 16.5. The van der Waals surface area contributed by atoms with Crippen LogP contribution in [0.5, 0.6) is 5.75 Å². The SMILES string of the molecule is CCC.CCc1ccnc2c1OCC1CC(COC)CN21. The van der Waals surface area contributed by atoms with Crippen molar-refractivity contribution in [2.75, 3.05) is 31.8 Å². The molecule has 0 bridgehead atoms. The lowest BCUT2D eigenvalue weighted by atomic mass is 10.1. The molecule has 2 aliphatic rings. The van der Waals surface area contributed by atoms with E-state index in [0.717, 1.165) is 44.2 Å². The Labute approximate surface area is 128 Å². The molecule has 1 saturated heterocycles. The molecule has 0 saturated carbocycles. The lowest BCUT2D eigenvalue weighted by Crippen LogP contribution is -2.39. The van der Waals surface area contributed by atoms with Crippen LogP contribution in [-0.2, 0) is 11.2 Å². The van der Waals surface area contributed by atoms with E-state index in [0.29, 0.717) is 12.0 Å². The first-order valence-electron chi connectivity index (χ1n) is 8.11. The Kier molecular flexibility index (Phi) is 5.85. The highest BCUT2D eigenvalue weighted by Gasteiger charge is 2.38. The number of aryl methyl sites for hydroxylation is 1. The summed E-state index contributed by atoms with van der Waals surface area (Å²) in [5.41, 5.74) is 1.26. The van der Waals surface area contributed by atoms with E-state index < -0.39 is 0 Å². The molecule has 0 aliphatic carbocycles. The number of hydrogen-bond acceptors (Lipinski definition) is 4. The van der Waals surface area contributed by atoms with Gasteiger partial charge in [-0.1, -0.05) is 27.2 Å². The zero-order chi connectivity index (χ0) is 15.2. The van der Waals surface area contributed by atoms with E-state index >= 15 is 0 Å². The van der Waals surface area contributed by atoms with Crippen molar-refractivity contribution in [2.24, 2.45) is 5.92 Å². The van der Waals surface area contributed by atoms with Crippen molar-refractivity contribution in [1.29, 1.82) is 0 Å². The first-order chi connectivity index (χ1) is 10.2. The molecule has 1 fully saturated rings. The van der Waals surface area contributed by atoms with Gasteiger partial charge in [0.05, 0.1) is 12.6 Å². The van der Waals surface area contributed by atoms with Gasteiger partial charge in [0, 0.05) is 25.8 Å². The third-order valence-electron chi connectivity index (χ3n) is 3.94.